The van der Waals surface area contributed by atoms with Crippen LogP contribution in [0.5, 0.6) is 0 Å². The van der Waals surface area contributed by atoms with Gasteiger partial charge in [-0.3, -0.25) is 9.59 Å². The van der Waals surface area contributed by atoms with Gasteiger partial charge >= 0.3 is 0 Å². The predicted molar refractivity (Wildman–Crippen MR) is 122 cm³/mol. The standard InChI is InChI=1S/C22H24ClN3O5S/c23-18-9-13-7-14(24-21(13)32-18)10-19(30)25-16-8-12-3-1-2-4-15(12)20(16)26(5-6-27)22(31)17(29)11-28/h1-4,7,9,16-17,20,24,27-29H,5-6,8,10-11H2,(H,25,30)/t16-,17?,20-/m1/s1. The Kier molecular flexibility index (Phi) is 6.82. The summed E-state index contributed by atoms with van der Waals surface area (Å²) in [6, 6.07) is 10.3. The Balaban J connectivity index is 1.55. The number of hydrogen-bond donors (Lipinski definition) is 5. The molecule has 3 aromatic rings. The lowest BCUT2D eigenvalue weighted by atomic mass is 10.0. The van der Waals surface area contributed by atoms with E-state index in [1.165, 1.54) is 16.2 Å². The fraction of sp³-hybridized carbons (Fsp3) is 0.364. The van der Waals surface area contributed by atoms with Gasteiger partial charge in [-0.15, -0.1) is 11.3 Å². The minimum atomic E-state index is -1.59. The third kappa shape index (κ3) is 4.53. The predicted octanol–water partition coefficient (Wildman–Crippen LogP) is 1.38. The minimum absolute atomic E-state index is 0.0328. The van der Waals surface area contributed by atoms with Crippen molar-refractivity contribution >= 4 is 45.0 Å². The first kappa shape index (κ1) is 22.8. The van der Waals surface area contributed by atoms with Crippen molar-refractivity contribution in [3.63, 3.8) is 0 Å². The van der Waals surface area contributed by atoms with Gasteiger partial charge in [0.15, 0.2) is 6.10 Å². The Morgan fingerprint density at radius 2 is 2.06 bits per heavy atom. The molecular formula is C22H24ClN3O5S. The SMILES string of the molecule is O=C(Cc1cc2cc(Cl)sc2[nH]1)N[C@@H]1Cc2ccccc2[C@H]1N(CCO)C(=O)C(O)CO. The fourth-order valence-electron chi connectivity index (χ4n) is 4.33. The molecule has 0 saturated carbocycles. The van der Waals surface area contributed by atoms with Crippen molar-refractivity contribution in [3.05, 3.63) is 57.6 Å². The highest BCUT2D eigenvalue weighted by Gasteiger charge is 2.40. The molecular weight excluding hydrogens is 454 g/mol. The molecule has 32 heavy (non-hydrogen) atoms. The van der Waals surface area contributed by atoms with Gasteiger partial charge in [0.2, 0.25) is 5.91 Å². The Labute approximate surface area is 193 Å². The van der Waals surface area contributed by atoms with E-state index in [1.54, 1.807) is 0 Å². The molecule has 0 fully saturated rings. The zero-order valence-corrected chi connectivity index (χ0v) is 18.7. The van der Waals surface area contributed by atoms with Gasteiger partial charge in [0, 0.05) is 17.6 Å². The van der Waals surface area contributed by atoms with Crippen LogP contribution in [0.4, 0.5) is 0 Å². The van der Waals surface area contributed by atoms with Crippen LogP contribution in [0.3, 0.4) is 0 Å². The molecule has 1 unspecified atom stereocenters. The summed E-state index contributed by atoms with van der Waals surface area (Å²) in [7, 11) is 0. The van der Waals surface area contributed by atoms with Crippen LogP contribution in [-0.2, 0) is 22.4 Å². The van der Waals surface area contributed by atoms with Crippen LogP contribution in [0.1, 0.15) is 22.9 Å². The molecule has 0 radical (unpaired) electrons. The monoisotopic (exact) mass is 477 g/mol. The third-order valence-corrected chi connectivity index (χ3v) is 6.84. The fourth-order valence-corrected chi connectivity index (χ4v) is 5.47. The van der Waals surface area contributed by atoms with Gasteiger partial charge in [0.1, 0.15) is 4.83 Å². The number of nitrogens with one attached hydrogen (secondary N) is 2. The first-order valence-electron chi connectivity index (χ1n) is 10.3. The Morgan fingerprint density at radius 3 is 2.78 bits per heavy atom. The number of fused-ring (bicyclic) bond motifs is 2. The van der Waals surface area contributed by atoms with E-state index >= 15 is 0 Å². The van der Waals surface area contributed by atoms with Crippen LogP contribution in [0.15, 0.2) is 36.4 Å². The van der Waals surface area contributed by atoms with Crippen molar-refractivity contribution in [2.45, 2.75) is 31.0 Å². The molecule has 1 aliphatic carbocycles. The van der Waals surface area contributed by atoms with Gasteiger partial charge in [-0.25, -0.2) is 0 Å². The molecule has 3 atom stereocenters. The maximum atomic E-state index is 12.9. The van der Waals surface area contributed by atoms with Crippen LogP contribution < -0.4 is 5.32 Å². The van der Waals surface area contributed by atoms with E-state index < -0.39 is 30.7 Å². The molecule has 1 aromatic carbocycles. The molecule has 1 aliphatic rings. The van der Waals surface area contributed by atoms with E-state index in [2.05, 4.69) is 10.3 Å². The average molecular weight is 478 g/mol. The summed E-state index contributed by atoms with van der Waals surface area (Å²) in [6.45, 7) is -1.07. The van der Waals surface area contributed by atoms with Crippen LogP contribution in [-0.4, -0.2) is 68.9 Å². The Morgan fingerprint density at radius 1 is 1.28 bits per heavy atom. The van der Waals surface area contributed by atoms with Crippen molar-refractivity contribution in [2.24, 2.45) is 0 Å². The maximum absolute atomic E-state index is 12.9. The molecule has 5 N–H and O–H groups in total. The number of hydrogen-bond acceptors (Lipinski definition) is 6. The Hall–Kier alpha value is -2.43. The topological polar surface area (TPSA) is 126 Å². The number of aromatic nitrogens is 1. The summed E-state index contributed by atoms with van der Waals surface area (Å²) in [5.74, 6) is -0.907. The van der Waals surface area contributed by atoms with Gasteiger partial charge in [-0.05, 0) is 29.7 Å². The number of amides is 2. The molecule has 0 saturated heterocycles. The van der Waals surface area contributed by atoms with Crippen LogP contribution in [0, 0.1) is 0 Å². The maximum Gasteiger partial charge on any atom is 0.254 e. The van der Waals surface area contributed by atoms with Crippen molar-refractivity contribution in [3.8, 4) is 0 Å². The smallest absolute Gasteiger partial charge is 0.254 e. The molecule has 170 valence electrons. The van der Waals surface area contributed by atoms with E-state index in [0.29, 0.717) is 10.8 Å². The van der Waals surface area contributed by atoms with Gasteiger partial charge < -0.3 is 30.5 Å². The number of rotatable bonds is 8. The quantitative estimate of drug-likeness (QED) is 0.335. The second-order valence-electron chi connectivity index (χ2n) is 7.78. The number of nitrogens with zero attached hydrogens (tertiary/aromatic N) is 1. The van der Waals surface area contributed by atoms with Crippen LogP contribution in [0.2, 0.25) is 4.34 Å². The molecule has 4 rings (SSSR count). The summed E-state index contributed by atoms with van der Waals surface area (Å²) >= 11 is 7.41. The third-order valence-electron chi connectivity index (χ3n) is 5.64. The first-order valence-corrected chi connectivity index (χ1v) is 11.4. The number of benzene rings is 1. The number of aliphatic hydroxyl groups is 3. The minimum Gasteiger partial charge on any atom is -0.395 e. The van der Waals surface area contributed by atoms with E-state index in [4.69, 9.17) is 11.6 Å². The van der Waals surface area contributed by atoms with Gasteiger partial charge in [0.25, 0.3) is 5.91 Å². The van der Waals surface area contributed by atoms with Crippen molar-refractivity contribution in [1.82, 2.24) is 15.2 Å². The van der Waals surface area contributed by atoms with E-state index in [1.807, 2.05) is 36.4 Å². The lowest BCUT2D eigenvalue weighted by molar-refractivity contribution is -0.146. The number of halogens is 1. The molecule has 0 aliphatic heterocycles. The number of thiophene rings is 1. The number of carbonyl (C=O) groups excluding carboxylic acids is 2. The molecule has 10 heteroatoms. The molecule has 2 aromatic heterocycles. The molecule has 2 amide bonds. The highest BCUT2D eigenvalue weighted by molar-refractivity contribution is 7.22. The van der Waals surface area contributed by atoms with Crippen LogP contribution in [0.25, 0.3) is 10.2 Å². The van der Waals surface area contributed by atoms with Gasteiger partial charge in [-0.2, -0.15) is 0 Å². The van der Waals surface area contributed by atoms with Gasteiger partial charge in [0.05, 0.1) is 36.1 Å². The van der Waals surface area contributed by atoms with Crippen molar-refractivity contribution in [1.29, 1.82) is 0 Å². The number of H-pyrrole nitrogens is 1. The second kappa shape index (κ2) is 9.60. The molecule has 2 heterocycles. The number of aliphatic hydroxyl groups excluding tert-OH is 3. The van der Waals surface area contributed by atoms with E-state index in [0.717, 1.165) is 27.0 Å². The molecule has 0 bridgehead atoms. The zero-order chi connectivity index (χ0) is 22.8. The molecule has 8 nitrogen and oxygen atoms in total. The van der Waals surface area contributed by atoms with Crippen LogP contribution >= 0.6 is 22.9 Å². The largest absolute Gasteiger partial charge is 0.395 e. The van der Waals surface area contributed by atoms with E-state index in [9.17, 15) is 24.9 Å². The van der Waals surface area contributed by atoms with Gasteiger partial charge in [-0.1, -0.05) is 35.9 Å². The Bertz CT molecular complexity index is 1100. The average Bonchev–Trinajstić information content (AvgIpc) is 3.41. The van der Waals surface area contributed by atoms with E-state index in [-0.39, 0.29) is 25.5 Å². The highest BCUT2D eigenvalue weighted by Crippen LogP contribution is 2.36. The summed E-state index contributed by atoms with van der Waals surface area (Å²) in [6.07, 6.45) is -0.956. The highest BCUT2D eigenvalue weighted by atomic mass is 35.5. The lowest BCUT2D eigenvalue weighted by Crippen LogP contribution is -2.51. The molecule has 0 spiro atoms. The summed E-state index contributed by atoms with van der Waals surface area (Å²) in [5, 5.41) is 32.7. The summed E-state index contributed by atoms with van der Waals surface area (Å²) in [4.78, 5) is 31.1. The summed E-state index contributed by atoms with van der Waals surface area (Å²) < 4.78 is 0.674. The number of carbonyl (C=O) groups is 2. The lowest BCUT2D eigenvalue weighted by Gasteiger charge is -2.34. The first-order chi connectivity index (χ1) is 15.4. The number of aromatic amines is 1. The zero-order valence-electron chi connectivity index (χ0n) is 17.1. The second-order valence-corrected chi connectivity index (χ2v) is 9.47. The van der Waals surface area contributed by atoms with Crippen molar-refractivity contribution in [2.75, 3.05) is 19.8 Å². The summed E-state index contributed by atoms with van der Waals surface area (Å²) in [5.41, 5.74) is 2.58. The van der Waals surface area contributed by atoms with Crippen molar-refractivity contribution < 1.29 is 24.9 Å². The normalized spacial score (nSPS) is 18.5.